The van der Waals surface area contributed by atoms with Crippen molar-refractivity contribution in [1.29, 1.82) is 5.26 Å². The number of hydrogen-bond acceptors (Lipinski definition) is 8. The van der Waals surface area contributed by atoms with Gasteiger partial charge in [-0.25, -0.2) is 19.2 Å². The first-order chi connectivity index (χ1) is 18.9. The first kappa shape index (κ1) is 26.1. The summed E-state index contributed by atoms with van der Waals surface area (Å²) < 4.78 is 27.2. The monoisotopic (exact) mass is 530 g/mol. The zero-order valence-electron chi connectivity index (χ0n) is 21.4. The summed E-state index contributed by atoms with van der Waals surface area (Å²) in [5, 5.41) is 18.5. The third kappa shape index (κ3) is 5.97. The molecule has 1 saturated heterocycles. The third-order valence-electron chi connectivity index (χ3n) is 6.68. The molecule has 3 heterocycles. The molecule has 0 amide bonds. The van der Waals surface area contributed by atoms with Crippen LogP contribution in [0, 0.1) is 17.1 Å². The number of aromatic carboxylic acids is 1. The van der Waals surface area contributed by atoms with Gasteiger partial charge in [0.15, 0.2) is 5.82 Å². The lowest BCUT2D eigenvalue weighted by molar-refractivity contribution is 0.0697. The van der Waals surface area contributed by atoms with Gasteiger partial charge in [-0.3, -0.25) is 4.90 Å². The lowest BCUT2D eigenvalue weighted by Crippen LogP contribution is -2.38. The van der Waals surface area contributed by atoms with Crippen molar-refractivity contribution in [2.45, 2.75) is 45.6 Å². The van der Waals surface area contributed by atoms with Gasteiger partial charge in [-0.1, -0.05) is 0 Å². The average molecular weight is 531 g/mol. The minimum Gasteiger partial charge on any atom is -0.484 e. The highest BCUT2D eigenvalue weighted by molar-refractivity contribution is 5.92. The molecular formula is C28H27FN6O4. The van der Waals surface area contributed by atoms with Gasteiger partial charge in [-0.2, -0.15) is 10.2 Å². The third-order valence-corrected chi connectivity index (χ3v) is 6.68. The summed E-state index contributed by atoms with van der Waals surface area (Å²) in [5.41, 5.74) is 1.98. The van der Waals surface area contributed by atoms with Crippen molar-refractivity contribution in [3.8, 4) is 17.7 Å². The van der Waals surface area contributed by atoms with E-state index in [0.717, 1.165) is 48.9 Å². The molecule has 4 aromatic rings. The highest BCUT2D eigenvalue weighted by Gasteiger charge is 2.23. The Kier molecular flexibility index (Phi) is 7.65. The highest BCUT2D eigenvalue weighted by Crippen LogP contribution is 2.23. The van der Waals surface area contributed by atoms with Crippen LogP contribution in [0.25, 0.3) is 11.0 Å². The molecule has 200 valence electrons. The molecule has 0 bridgehead atoms. The van der Waals surface area contributed by atoms with E-state index in [4.69, 9.17) is 14.5 Å². The number of carboxylic acids is 1. The summed E-state index contributed by atoms with van der Waals surface area (Å²) in [6.07, 6.45) is 3.21. The maximum absolute atomic E-state index is 13.3. The van der Waals surface area contributed by atoms with Crippen LogP contribution in [-0.4, -0.2) is 54.7 Å². The SMILES string of the molecule is CCn1c(CN2CCC(Oc3ccnc(COc4ccc(F)cc4C#N)n3)CC2)nc2ccc(C(=O)O)cc21. The zero-order chi connectivity index (χ0) is 27.4. The number of imidazole rings is 1. The Balaban J connectivity index is 1.17. The largest absolute Gasteiger partial charge is 0.484 e. The summed E-state index contributed by atoms with van der Waals surface area (Å²) in [4.78, 5) is 27.1. The minimum atomic E-state index is -0.950. The van der Waals surface area contributed by atoms with Gasteiger partial charge >= 0.3 is 5.97 Å². The van der Waals surface area contributed by atoms with Crippen molar-refractivity contribution in [2.75, 3.05) is 13.1 Å². The lowest BCUT2D eigenvalue weighted by atomic mass is 10.1. The van der Waals surface area contributed by atoms with Crippen LogP contribution in [0.1, 0.15) is 47.3 Å². The molecule has 10 nitrogen and oxygen atoms in total. The number of likely N-dealkylation sites (tertiary alicyclic amines) is 1. The van der Waals surface area contributed by atoms with Crippen LogP contribution in [0.2, 0.25) is 0 Å². The predicted octanol–water partition coefficient (Wildman–Crippen LogP) is 4.18. The van der Waals surface area contributed by atoms with E-state index in [1.165, 1.54) is 12.1 Å². The second kappa shape index (κ2) is 11.4. The lowest BCUT2D eigenvalue weighted by Gasteiger charge is -2.31. The van der Waals surface area contributed by atoms with E-state index in [9.17, 15) is 19.6 Å². The number of ether oxygens (including phenoxy) is 2. The number of benzene rings is 2. The molecule has 1 aliphatic heterocycles. The van der Waals surface area contributed by atoms with Crippen LogP contribution in [-0.2, 0) is 19.7 Å². The number of carboxylic acid groups (broad SMARTS) is 1. The Hall–Kier alpha value is -4.56. The summed E-state index contributed by atoms with van der Waals surface area (Å²) in [6, 6.07) is 12.4. The van der Waals surface area contributed by atoms with E-state index in [0.29, 0.717) is 24.8 Å². The molecule has 0 unspecified atom stereocenters. The summed E-state index contributed by atoms with van der Waals surface area (Å²) in [7, 11) is 0. The Labute approximate surface area is 224 Å². The van der Waals surface area contributed by atoms with Crippen LogP contribution >= 0.6 is 0 Å². The van der Waals surface area contributed by atoms with E-state index in [1.54, 1.807) is 30.5 Å². The van der Waals surface area contributed by atoms with Crippen LogP contribution < -0.4 is 9.47 Å². The molecule has 2 aromatic heterocycles. The van der Waals surface area contributed by atoms with Gasteiger partial charge in [0.05, 0.1) is 28.7 Å². The first-order valence-corrected chi connectivity index (χ1v) is 12.7. The van der Waals surface area contributed by atoms with Gasteiger partial charge < -0.3 is 19.1 Å². The molecule has 39 heavy (non-hydrogen) atoms. The highest BCUT2D eigenvalue weighted by atomic mass is 19.1. The molecule has 5 rings (SSSR count). The number of aryl methyl sites for hydroxylation is 1. The molecule has 1 fully saturated rings. The Morgan fingerprint density at radius 1 is 1.18 bits per heavy atom. The standard InChI is InChI=1S/C28H27FN6O4/c1-2-35-23-14-18(28(36)37)3-5-22(23)32-26(35)16-34-11-8-21(9-12-34)39-27-7-10-31-25(33-27)17-38-24-6-4-20(29)13-19(24)15-30/h3-7,10,13-14,21H,2,8-9,11-12,16-17H2,1H3,(H,36,37). The van der Waals surface area contributed by atoms with Crippen molar-refractivity contribution < 1.29 is 23.8 Å². The van der Waals surface area contributed by atoms with E-state index in [-0.39, 0.29) is 29.6 Å². The van der Waals surface area contributed by atoms with Crippen molar-refractivity contribution in [3.63, 3.8) is 0 Å². The smallest absolute Gasteiger partial charge is 0.335 e. The number of carbonyl (C=O) groups is 1. The Morgan fingerprint density at radius 2 is 2.00 bits per heavy atom. The van der Waals surface area contributed by atoms with Crippen LogP contribution in [0.5, 0.6) is 11.6 Å². The van der Waals surface area contributed by atoms with E-state index >= 15 is 0 Å². The first-order valence-electron chi connectivity index (χ1n) is 12.7. The minimum absolute atomic E-state index is 0.00433. The topological polar surface area (TPSA) is 126 Å². The van der Waals surface area contributed by atoms with Gasteiger partial charge in [0.1, 0.15) is 36.2 Å². The Morgan fingerprint density at radius 3 is 2.74 bits per heavy atom. The molecule has 2 aromatic carbocycles. The van der Waals surface area contributed by atoms with E-state index in [1.807, 2.05) is 13.0 Å². The molecular weight excluding hydrogens is 503 g/mol. The van der Waals surface area contributed by atoms with E-state index in [2.05, 4.69) is 19.4 Å². The van der Waals surface area contributed by atoms with Crippen molar-refractivity contribution in [3.05, 3.63) is 77.3 Å². The number of nitriles is 1. The van der Waals surface area contributed by atoms with Gasteiger partial charge in [0.25, 0.3) is 0 Å². The fourth-order valence-corrected chi connectivity index (χ4v) is 4.71. The van der Waals surface area contributed by atoms with Crippen LogP contribution in [0.15, 0.2) is 48.7 Å². The zero-order valence-corrected chi connectivity index (χ0v) is 21.4. The maximum Gasteiger partial charge on any atom is 0.335 e. The molecule has 1 N–H and O–H groups in total. The summed E-state index contributed by atoms with van der Waals surface area (Å²) in [5.74, 6) is 0.561. The molecule has 0 atom stereocenters. The molecule has 0 saturated carbocycles. The average Bonchev–Trinajstić information content (AvgIpc) is 3.29. The number of nitrogens with zero attached hydrogens (tertiary/aromatic N) is 6. The quantitative estimate of drug-likeness (QED) is 0.339. The number of halogens is 1. The maximum atomic E-state index is 13.3. The molecule has 0 radical (unpaired) electrons. The number of rotatable bonds is 9. The van der Waals surface area contributed by atoms with Crippen LogP contribution in [0.4, 0.5) is 4.39 Å². The number of fused-ring (bicyclic) bond motifs is 1. The number of aromatic nitrogens is 4. The predicted molar refractivity (Wildman–Crippen MR) is 139 cm³/mol. The normalized spacial score (nSPS) is 14.3. The van der Waals surface area contributed by atoms with Gasteiger partial charge in [0, 0.05) is 31.9 Å². The van der Waals surface area contributed by atoms with E-state index < -0.39 is 11.8 Å². The fourth-order valence-electron chi connectivity index (χ4n) is 4.71. The molecule has 11 heteroatoms. The van der Waals surface area contributed by atoms with Crippen molar-refractivity contribution >= 4 is 17.0 Å². The molecule has 0 aliphatic carbocycles. The van der Waals surface area contributed by atoms with Crippen molar-refractivity contribution in [1.82, 2.24) is 24.4 Å². The van der Waals surface area contributed by atoms with Gasteiger partial charge in [0.2, 0.25) is 5.88 Å². The molecule has 1 aliphatic rings. The Bertz CT molecular complexity index is 1540. The molecule has 0 spiro atoms. The summed E-state index contributed by atoms with van der Waals surface area (Å²) in [6.45, 7) is 5.05. The van der Waals surface area contributed by atoms with Gasteiger partial charge in [-0.15, -0.1) is 0 Å². The van der Waals surface area contributed by atoms with Crippen molar-refractivity contribution in [2.24, 2.45) is 0 Å². The number of hydrogen-bond donors (Lipinski definition) is 1. The second-order valence-electron chi connectivity index (χ2n) is 9.23. The summed E-state index contributed by atoms with van der Waals surface area (Å²) >= 11 is 0. The van der Waals surface area contributed by atoms with Crippen LogP contribution in [0.3, 0.4) is 0 Å². The number of piperidine rings is 1. The second-order valence-corrected chi connectivity index (χ2v) is 9.23. The van der Waals surface area contributed by atoms with Gasteiger partial charge in [-0.05, 0) is 56.2 Å². The fraction of sp³-hybridized carbons (Fsp3) is 0.321.